The molecular formula is C16H17N3OS. The predicted octanol–water partition coefficient (Wildman–Crippen LogP) is 2.49. The molecular weight excluding hydrogens is 282 g/mol. The first-order valence-electron chi connectivity index (χ1n) is 7.12. The summed E-state index contributed by atoms with van der Waals surface area (Å²) in [7, 11) is 0. The monoisotopic (exact) mass is 299 g/mol. The van der Waals surface area contributed by atoms with Gasteiger partial charge in [-0.05, 0) is 42.2 Å². The molecule has 21 heavy (non-hydrogen) atoms. The van der Waals surface area contributed by atoms with E-state index in [4.69, 9.17) is 0 Å². The van der Waals surface area contributed by atoms with Crippen molar-refractivity contribution in [2.75, 3.05) is 12.3 Å². The van der Waals surface area contributed by atoms with Gasteiger partial charge in [0, 0.05) is 23.8 Å². The molecule has 0 radical (unpaired) electrons. The molecule has 1 aliphatic rings. The lowest BCUT2D eigenvalue weighted by Crippen LogP contribution is -2.26. The molecule has 1 aromatic carbocycles. The molecule has 1 aliphatic heterocycles. The molecule has 0 fully saturated rings. The first-order valence-corrected chi connectivity index (χ1v) is 8.10. The quantitative estimate of drug-likeness (QED) is 0.942. The minimum Gasteiger partial charge on any atom is -0.350 e. The number of rotatable bonds is 4. The number of amides is 1. The third-order valence-corrected chi connectivity index (χ3v) is 4.67. The molecule has 0 spiro atoms. The molecule has 1 amide bonds. The molecule has 3 rings (SSSR count). The Kier molecular flexibility index (Phi) is 4.50. The van der Waals surface area contributed by atoms with Gasteiger partial charge in [0.1, 0.15) is 5.69 Å². The van der Waals surface area contributed by atoms with E-state index in [1.165, 1.54) is 47.0 Å². The van der Waals surface area contributed by atoms with Gasteiger partial charge in [-0.25, -0.2) is 4.98 Å². The number of nitrogens with one attached hydrogen (secondary N) is 1. The summed E-state index contributed by atoms with van der Waals surface area (Å²) in [6.07, 6.45) is 7.82. The Balaban J connectivity index is 1.55. The van der Waals surface area contributed by atoms with Gasteiger partial charge < -0.3 is 5.32 Å². The third-order valence-electron chi connectivity index (χ3n) is 3.47. The lowest BCUT2D eigenvalue weighted by atomic mass is 10.0. The first-order chi connectivity index (χ1) is 10.3. The third kappa shape index (κ3) is 3.61. The van der Waals surface area contributed by atoms with Gasteiger partial charge in [0.05, 0.1) is 6.20 Å². The van der Waals surface area contributed by atoms with Crippen LogP contribution in [-0.4, -0.2) is 28.2 Å². The molecule has 0 saturated carbocycles. The van der Waals surface area contributed by atoms with E-state index in [1.807, 2.05) is 11.8 Å². The Morgan fingerprint density at radius 3 is 3.14 bits per heavy atom. The Morgan fingerprint density at radius 1 is 1.33 bits per heavy atom. The lowest BCUT2D eigenvalue weighted by molar-refractivity contribution is 0.0949. The van der Waals surface area contributed by atoms with Crippen LogP contribution in [0.4, 0.5) is 0 Å². The molecule has 0 unspecified atom stereocenters. The second-order valence-corrected chi connectivity index (χ2v) is 6.13. The number of carbonyl (C=O) groups excluding carboxylic acids is 1. The number of hydrogen-bond acceptors (Lipinski definition) is 4. The number of fused-ring (bicyclic) bond motifs is 1. The topological polar surface area (TPSA) is 54.9 Å². The van der Waals surface area contributed by atoms with Crippen LogP contribution in [0.2, 0.25) is 0 Å². The van der Waals surface area contributed by atoms with Crippen molar-refractivity contribution in [1.82, 2.24) is 15.3 Å². The molecule has 108 valence electrons. The summed E-state index contributed by atoms with van der Waals surface area (Å²) >= 11 is 1.94. The standard InChI is InChI=1S/C16H17N3OS/c20-16(14-11-17-7-8-18-14)19-6-5-12-3-4-15-13(10-12)2-1-9-21-15/h3-4,7-8,10-11H,1-2,5-6,9H2,(H,19,20). The summed E-state index contributed by atoms with van der Waals surface area (Å²) in [6, 6.07) is 6.64. The minimum atomic E-state index is -0.170. The highest BCUT2D eigenvalue weighted by Crippen LogP contribution is 2.30. The van der Waals surface area contributed by atoms with Gasteiger partial charge in [0.25, 0.3) is 5.91 Å². The number of aryl methyl sites for hydroxylation is 1. The zero-order chi connectivity index (χ0) is 14.5. The van der Waals surface area contributed by atoms with E-state index >= 15 is 0 Å². The van der Waals surface area contributed by atoms with Crippen molar-refractivity contribution in [3.63, 3.8) is 0 Å². The molecule has 4 nitrogen and oxygen atoms in total. The predicted molar refractivity (Wildman–Crippen MR) is 83.6 cm³/mol. The van der Waals surface area contributed by atoms with Gasteiger partial charge >= 0.3 is 0 Å². The molecule has 2 heterocycles. The summed E-state index contributed by atoms with van der Waals surface area (Å²) < 4.78 is 0. The van der Waals surface area contributed by atoms with Crippen LogP contribution in [0.25, 0.3) is 0 Å². The maximum atomic E-state index is 11.9. The van der Waals surface area contributed by atoms with Gasteiger partial charge in [-0.1, -0.05) is 12.1 Å². The summed E-state index contributed by atoms with van der Waals surface area (Å²) in [5.41, 5.74) is 3.08. The largest absolute Gasteiger partial charge is 0.350 e. The number of hydrogen-bond donors (Lipinski definition) is 1. The average molecular weight is 299 g/mol. The molecule has 0 aliphatic carbocycles. The summed E-state index contributed by atoms with van der Waals surface area (Å²) in [5, 5.41) is 2.88. The number of thioether (sulfide) groups is 1. The van der Waals surface area contributed by atoms with Gasteiger partial charge in [-0.2, -0.15) is 0 Å². The van der Waals surface area contributed by atoms with E-state index < -0.39 is 0 Å². The van der Waals surface area contributed by atoms with Gasteiger partial charge in [0.2, 0.25) is 0 Å². The summed E-state index contributed by atoms with van der Waals surface area (Å²) in [5.74, 6) is 1.05. The van der Waals surface area contributed by atoms with Crippen LogP contribution < -0.4 is 5.32 Å². The normalized spacial score (nSPS) is 13.5. The van der Waals surface area contributed by atoms with Crippen molar-refractivity contribution >= 4 is 17.7 Å². The Hall–Kier alpha value is -1.88. The Bertz CT molecular complexity index is 631. The number of benzene rings is 1. The SMILES string of the molecule is O=C(NCCc1ccc2c(c1)CCCS2)c1cnccn1. The molecule has 0 bridgehead atoms. The second kappa shape index (κ2) is 6.72. The fraction of sp³-hybridized carbons (Fsp3) is 0.312. The van der Waals surface area contributed by atoms with E-state index in [0.717, 1.165) is 6.42 Å². The van der Waals surface area contributed by atoms with E-state index in [0.29, 0.717) is 12.2 Å². The molecule has 2 aromatic rings. The van der Waals surface area contributed by atoms with Crippen LogP contribution in [-0.2, 0) is 12.8 Å². The average Bonchev–Trinajstić information content (AvgIpc) is 2.55. The second-order valence-electron chi connectivity index (χ2n) is 4.99. The highest BCUT2D eigenvalue weighted by molar-refractivity contribution is 7.99. The van der Waals surface area contributed by atoms with Crippen molar-refractivity contribution in [2.24, 2.45) is 0 Å². The van der Waals surface area contributed by atoms with Crippen LogP contribution in [0.15, 0.2) is 41.7 Å². The molecule has 0 atom stereocenters. The minimum absolute atomic E-state index is 0.170. The zero-order valence-corrected chi connectivity index (χ0v) is 12.5. The smallest absolute Gasteiger partial charge is 0.271 e. The maximum absolute atomic E-state index is 11.9. The van der Waals surface area contributed by atoms with Crippen LogP contribution in [0.5, 0.6) is 0 Å². The summed E-state index contributed by atoms with van der Waals surface area (Å²) in [4.78, 5) is 21.1. The number of aromatic nitrogens is 2. The van der Waals surface area contributed by atoms with Crippen LogP contribution in [0.3, 0.4) is 0 Å². The van der Waals surface area contributed by atoms with Crippen molar-refractivity contribution in [1.29, 1.82) is 0 Å². The fourth-order valence-corrected chi connectivity index (χ4v) is 3.42. The summed E-state index contributed by atoms with van der Waals surface area (Å²) in [6.45, 7) is 0.612. The molecule has 1 N–H and O–H groups in total. The number of carbonyl (C=O) groups is 1. The zero-order valence-electron chi connectivity index (χ0n) is 11.7. The van der Waals surface area contributed by atoms with Crippen molar-refractivity contribution < 1.29 is 4.79 Å². The molecule has 0 saturated heterocycles. The van der Waals surface area contributed by atoms with E-state index in [9.17, 15) is 4.79 Å². The van der Waals surface area contributed by atoms with Crippen LogP contribution >= 0.6 is 11.8 Å². The van der Waals surface area contributed by atoms with Crippen molar-refractivity contribution in [2.45, 2.75) is 24.2 Å². The fourth-order valence-electron chi connectivity index (χ4n) is 2.40. The van der Waals surface area contributed by atoms with Gasteiger partial charge in [-0.15, -0.1) is 11.8 Å². The van der Waals surface area contributed by atoms with Gasteiger partial charge in [-0.3, -0.25) is 9.78 Å². The molecule has 5 heteroatoms. The maximum Gasteiger partial charge on any atom is 0.271 e. The van der Waals surface area contributed by atoms with E-state index in [-0.39, 0.29) is 5.91 Å². The Morgan fingerprint density at radius 2 is 2.29 bits per heavy atom. The van der Waals surface area contributed by atoms with E-state index in [2.05, 4.69) is 33.5 Å². The van der Waals surface area contributed by atoms with Crippen molar-refractivity contribution in [3.8, 4) is 0 Å². The van der Waals surface area contributed by atoms with E-state index in [1.54, 1.807) is 6.20 Å². The highest BCUT2D eigenvalue weighted by atomic mass is 32.2. The highest BCUT2D eigenvalue weighted by Gasteiger charge is 2.10. The molecule has 1 aromatic heterocycles. The van der Waals surface area contributed by atoms with Crippen LogP contribution in [0, 0.1) is 0 Å². The van der Waals surface area contributed by atoms with Crippen LogP contribution in [0.1, 0.15) is 28.0 Å². The lowest BCUT2D eigenvalue weighted by Gasteiger charge is -2.16. The first kappa shape index (κ1) is 14.1. The van der Waals surface area contributed by atoms with Crippen molar-refractivity contribution in [3.05, 3.63) is 53.6 Å². The number of nitrogens with zero attached hydrogens (tertiary/aromatic N) is 2. The Labute approximate surface area is 128 Å². The van der Waals surface area contributed by atoms with Gasteiger partial charge in [0.15, 0.2) is 0 Å².